The van der Waals surface area contributed by atoms with E-state index in [0.29, 0.717) is 45.4 Å². The summed E-state index contributed by atoms with van der Waals surface area (Å²) in [6.07, 6.45) is 9.22. The van der Waals surface area contributed by atoms with E-state index in [1.54, 1.807) is 0 Å². The van der Waals surface area contributed by atoms with Crippen molar-refractivity contribution >= 4 is 5.91 Å². The molecule has 8 nitrogen and oxygen atoms in total. The average molecular weight is 445 g/mol. The zero-order valence-corrected chi connectivity index (χ0v) is 19.5. The third-order valence-corrected chi connectivity index (χ3v) is 6.01. The maximum Gasteiger partial charge on any atom is 0.253 e. The zero-order valence-electron chi connectivity index (χ0n) is 19.5. The lowest BCUT2D eigenvalue weighted by Gasteiger charge is -2.36. The maximum atomic E-state index is 13.5. The number of nitrogens with zero attached hydrogens (tertiary/aromatic N) is 4. The van der Waals surface area contributed by atoms with E-state index in [1.807, 2.05) is 35.1 Å². The quantitative estimate of drug-likeness (QED) is 0.642. The molecule has 0 spiro atoms. The third kappa shape index (κ3) is 5.99. The lowest BCUT2D eigenvalue weighted by atomic mass is 9.99. The van der Waals surface area contributed by atoms with E-state index in [2.05, 4.69) is 29.9 Å². The van der Waals surface area contributed by atoms with E-state index in [-0.39, 0.29) is 12.0 Å². The first kappa shape index (κ1) is 23.0. The molecule has 4 rings (SSSR count). The molecule has 0 bridgehead atoms. The van der Waals surface area contributed by atoms with Crippen LogP contribution >= 0.6 is 0 Å². The minimum Gasteiger partial charge on any atom is -0.495 e. The molecule has 176 valence electrons. The number of hydrogen-bond acceptors (Lipinski definition) is 6. The van der Waals surface area contributed by atoms with Gasteiger partial charge in [0.1, 0.15) is 18.0 Å². The predicted molar refractivity (Wildman–Crippen MR) is 121 cm³/mol. The summed E-state index contributed by atoms with van der Waals surface area (Å²) in [7, 11) is 1.92. The SMILES string of the molecule is CC(C)CN(CC1=CC=C2OCCCOC2C1)C(=O)C1CN(Cc2cnn(C)c2)CCO1. The fourth-order valence-corrected chi connectivity index (χ4v) is 4.52. The van der Waals surface area contributed by atoms with Crippen molar-refractivity contribution in [3.05, 3.63) is 41.4 Å². The molecule has 2 unspecified atom stereocenters. The molecular weight excluding hydrogens is 408 g/mol. The van der Waals surface area contributed by atoms with Crippen LogP contribution < -0.4 is 0 Å². The fourth-order valence-electron chi connectivity index (χ4n) is 4.52. The lowest BCUT2D eigenvalue weighted by Crippen LogP contribution is -2.51. The number of amides is 1. The van der Waals surface area contributed by atoms with E-state index >= 15 is 0 Å². The van der Waals surface area contributed by atoms with Crippen LogP contribution in [0.5, 0.6) is 0 Å². The van der Waals surface area contributed by atoms with Gasteiger partial charge in [-0.1, -0.05) is 19.9 Å². The molecule has 2 fully saturated rings. The zero-order chi connectivity index (χ0) is 22.5. The Bertz CT molecular complexity index is 847. The van der Waals surface area contributed by atoms with E-state index < -0.39 is 6.10 Å². The number of carbonyl (C=O) groups is 1. The van der Waals surface area contributed by atoms with Crippen LogP contribution in [0.1, 0.15) is 32.3 Å². The highest BCUT2D eigenvalue weighted by molar-refractivity contribution is 5.81. The highest BCUT2D eigenvalue weighted by Gasteiger charge is 2.32. The number of morpholine rings is 1. The molecule has 1 aliphatic carbocycles. The normalized spacial score (nSPS) is 24.2. The first-order chi connectivity index (χ1) is 15.5. The van der Waals surface area contributed by atoms with Crippen molar-refractivity contribution in [1.82, 2.24) is 19.6 Å². The Labute approximate surface area is 190 Å². The lowest BCUT2D eigenvalue weighted by molar-refractivity contribution is -0.149. The van der Waals surface area contributed by atoms with Crippen LogP contribution in [0.25, 0.3) is 0 Å². The highest BCUT2D eigenvalue weighted by Crippen LogP contribution is 2.26. The van der Waals surface area contributed by atoms with E-state index in [9.17, 15) is 4.79 Å². The molecule has 3 aliphatic rings. The van der Waals surface area contributed by atoms with Crippen molar-refractivity contribution in [3.8, 4) is 0 Å². The number of allylic oxidation sites excluding steroid dienone is 2. The van der Waals surface area contributed by atoms with E-state index in [0.717, 1.165) is 37.3 Å². The van der Waals surface area contributed by atoms with E-state index in [1.165, 1.54) is 5.57 Å². The van der Waals surface area contributed by atoms with Gasteiger partial charge in [0.2, 0.25) is 0 Å². The molecule has 3 heterocycles. The van der Waals surface area contributed by atoms with Crippen LogP contribution in [0, 0.1) is 5.92 Å². The Balaban J connectivity index is 1.40. The molecule has 2 aliphatic heterocycles. The molecule has 2 saturated heterocycles. The van der Waals surface area contributed by atoms with Gasteiger partial charge in [-0.05, 0) is 17.6 Å². The molecule has 32 heavy (non-hydrogen) atoms. The molecule has 1 aromatic rings. The Morgan fingerprint density at radius 3 is 2.91 bits per heavy atom. The van der Waals surface area contributed by atoms with Gasteiger partial charge in [0.15, 0.2) is 0 Å². The van der Waals surface area contributed by atoms with Crippen molar-refractivity contribution in [2.24, 2.45) is 13.0 Å². The number of hydrogen-bond donors (Lipinski definition) is 0. The third-order valence-electron chi connectivity index (χ3n) is 6.01. The first-order valence-corrected chi connectivity index (χ1v) is 11.7. The Morgan fingerprint density at radius 1 is 1.25 bits per heavy atom. The highest BCUT2D eigenvalue weighted by atomic mass is 16.5. The second-order valence-corrected chi connectivity index (χ2v) is 9.39. The van der Waals surface area contributed by atoms with Crippen LogP contribution in [0.3, 0.4) is 0 Å². The van der Waals surface area contributed by atoms with Gasteiger partial charge < -0.3 is 19.1 Å². The van der Waals surface area contributed by atoms with Crippen LogP contribution in [-0.2, 0) is 32.6 Å². The number of aromatic nitrogens is 2. The van der Waals surface area contributed by atoms with E-state index in [4.69, 9.17) is 14.2 Å². The number of ether oxygens (including phenoxy) is 3. The molecule has 0 aromatic carbocycles. The summed E-state index contributed by atoms with van der Waals surface area (Å²) in [5, 5.41) is 4.25. The monoisotopic (exact) mass is 444 g/mol. The van der Waals surface area contributed by atoms with Gasteiger partial charge in [-0.15, -0.1) is 0 Å². The first-order valence-electron chi connectivity index (χ1n) is 11.7. The number of fused-ring (bicyclic) bond motifs is 1. The standard InChI is InChI=1S/C24H36N4O4/c1-18(2)13-28(16-19-5-6-21-22(11-19)31-9-4-8-30-21)24(29)23-17-27(7-10-32-23)15-20-12-25-26(3)14-20/h5-6,12,14,18,22-23H,4,7-11,13,15-17H2,1-3H3. The van der Waals surface area contributed by atoms with Crippen LogP contribution in [0.4, 0.5) is 0 Å². The molecular formula is C24H36N4O4. The minimum atomic E-state index is -0.438. The Morgan fingerprint density at radius 2 is 2.12 bits per heavy atom. The largest absolute Gasteiger partial charge is 0.495 e. The molecule has 2 atom stereocenters. The second kappa shape index (κ2) is 10.6. The molecule has 0 saturated carbocycles. The Kier molecular flexibility index (Phi) is 7.65. The summed E-state index contributed by atoms with van der Waals surface area (Å²) in [6.45, 7) is 9.78. The van der Waals surface area contributed by atoms with Crippen molar-refractivity contribution in [2.75, 3.05) is 46.0 Å². The van der Waals surface area contributed by atoms with Crippen LogP contribution in [0.2, 0.25) is 0 Å². The molecule has 8 heteroatoms. The van der Waals surface area contributed by atoms with Crippen LogP contribution in [-0.4, -0.2) is 83.7 Å². The molecule has 0 N–H and O–H groups in total. The van der Waals surface area contributed by atoms with Crippen molar-refractivity contribution in [2.45, 2.75) is 45.4 Å². The van der Waals surface area contributed by atoms with Crippen molar-refractivity contribution in [1.29, 1.82) is 0 Å². The second-order valence-electron chi connectivity index (χ2n) is 9.39. The van der Waals surface area contributed by atoms with Gasteiger partial charge in [0, 0.05) is 64.4 Å². The van der Waals surface area contributed by atoms with Crippen molar-refractivity contribution < 1.29 is 19.0 Å². The van der Waals surface area contributed by atoms with Gasteiger partial charge in [0.25, 0.3) is 5.91 Å². The maximum absolute atomic E-state index is 13.5. The number of aryl methyl sites for hydroxylation is 1. The smallest absolute Gasteiger partial charge is 0.253 e. The number of rotatable bonds is 7. The van der Waals surface area contributed by atoms with Gasteiger partial charge in [-0.2, -0.15) is 5.10 Å². The van der Waals surface area contributed by atoms with Crippen molar-refractivity contribution in [3.63, 3.8) is 0 Å². The summed E-state index contributed by atoms with van der Waals surface area (Å²) < 4.78 is 19.5. The van der Waals surface area contributed by atoms with Gasteiger partial charge in [-0.25, -0.2) is 0 Å². The fraction of sp³-hybridized carbons (Fsp3) is 0.667. The van der Waals surface area contributed by atoms with Gasteiger partial charge >= 0.3 is 0 Å². The summed E-state index contributed by atoms with van der Waals surface area (Å²) >= 11 is 0. The predicted octanol–water partition coefficient (Wildman–Crippen LogP) is 2.12. The van der Waals surface area contributed by atoms with Crippen LogP contribution in [0.15, 0.2) is 35.9 Å². The topological polar surface area (TPSA) is 69.1 Å². The summed E-state index contributed by atoms with van der Waals surface area (Å²) in [5.74, 6) is 1.36. The summed E-state index contributed by atoms with van der Waals surface area (Å²) in [6, 6.07) is 0. The average Bonchev–Trinajstić information content (AvgIpc) is 3.03. The molecule has 1 aromatic heterocycles. The number of carbonyl (C=O) groups excluding carboxylic acids is 1. The summed E-state index contributed by atoms with van der Waals surface area (Å²) in [5.41, 5.74) is 2.35. The molecule has 1 amide bonds. The minimum absolute atomic E-state index is 0.0330. The summed E-state index contributed by atoms with van der Waals surface area (Å²) in [4.78, 5) is 17.7. The van der Waals surface area contributed by atoms with Gasteiger partial charge in [0.05, 0.1) is 26.0 Å². The Hall–Kier alpha value is -2.16. The van der Waals surface area contributed by atoms with Gasteiger partial charge in [-0.3, -0.25) is 14.4 Å². The molecule has 0 radical (unpaired) electrons.